The van der Waals surface area contributed by atoms with Crippen molar-refractivity contribution in [2.45, 2.75) is 37.6 Å². The first-order valence-electron chi connectivity index (χ1n) is 8.40. The highest BCUT2D eigenvalue weighted by Gasteiger charge is 2.11. The van der Waals surface area contributed by atoms with Crippen LogP contribution >= 0.6 is 11.8 Å². The lowest BCUT2D eigenvalue weighted by molar-refractivity contribution is 0.370. The molecule has 1 N–H and O–H groups in total. The minimum atomic E-state index is 0.279. The lowest BCUT2D eigenvalue weighted by Crippen LogP contribution is -2.39. The van der Waals surface area contributed by atoms with E-state index in [2.05, 4.69) is 69.7 Å². The van der Waals surface area contributed by atoms with E-state index in [-0.39, 0.29) is 5.92 Å². The summed E-state index contributed by atoms with van der Waals surface area (Å²) in [5.41, 5.74) is 1.25. The third-order valence-corrected chi connectivity index (χ3v) is 4.52. The second-order valence-electron chi connectivity index (χ2n) is 6.13. The molecule has 7 heteroatoms. The van der Waals surface area contributed by atoms with E-state index >= 15 is 0 Å². The first kappa shape index (κ1) is 19.3. The van der Waals surface area contributed by atoms with Crippen molar-refractivity contribution in [3.05, 3.63) is 41.5 Å². The molecule has 0 unspecified atom stereocenters. The highest BCUT2D eigenvalue weighted by Crippen LogP contribution is 2.15. The summed E-state index contributed by atoms with van der Waals surface area (Å²) in [5.74, 6) is 2.53. The van der Waals surface area contributed by atoms with Crippen LogP contribution in [0, 0.1) is 0 Å². The lowest BCUT2D eigenvalue weighted by atomic mass is 10.2. The van der Waals surface area contributed by atoms with Gasteiger partial charge < -0.3 is 14.7 Å². The van der Waals surface area contributed by atoms with Crippen LogP contribution in [0.2, 0.25) is 0 Å². The molecule has 2 aromatic rings. The van der Waals surface area contributed by atoms with E-state index in [0.29, 0.717) is 18.9 Å². The maximum Gasteiger partial charge on any atom is 0.228 e. The SMILES string of the molecule is CN=C(NCCc1nc(C(C)C)no1)N(C)Cc1ccc(SC)cc1. The van der Waals surface area contributed by atoms with Gasteiger partial charge in [0.05, 0.1) is 0 Å². The molecule has 0 fully saturated rings. The molecule has 6 nitrogen and oxygen atoms in total. The Kier molecular flexibility index (Phi) is 7.31. The molecule has 0 aliphatic rings. The number of aromatic nitrogens is 2. The molecule has 1 aromatic heterocycles. The number of benzene rings is 1. The normalized spacial score (nSPS) is 11.8. The zero-order valence-corrected chi connectivity index (χ0v) is 16.4. The third-order valence-electron chi connectivity index (χ3n) is 3.77. The molecule has 0 aliphatic heterocycles. The topological polar surface area (TPSA) is 66.5 Å². The molecule has 2 rings (SSSR count). The van der Waals surface area contributed by atoms with E-state index in [1.54, 1.807) is 18.8 Å². The third kappa shape index (κ3) is 5.77. The second kappa shape index (κ2) is 9.46. The van der Waals surface area contributed by atoms with E-state index in [1.807, 2.05) is 7.05 Å². The van der Waals surface area contributed by atoms with Gasteiger partial charge in [0.2, 0.25) is 5.89 Å². The summed E-state index contributed by atoms with van der Waals surface area (Å²) in [4.78, 5) is 12.1. The van der Waals surface area contributed by atoms with Crippen molar-refractivity contribution in [1.29, 1.82) is 0 Å². The number of hydrogen-bond acceptors (Lipinski definition) is 5. The van der Waals surface area contributed by atoms with Crippen molar-refractivity contribution in [3.63, 3.8) is 0 Å². The monoisotopic (exact) mass is 361 g/mol. The fraction of sp³-hybridized carbons (Fsp3) is 0.500. The molecule has 0 spiro atoms. The molecule has 1 aromatic carbocycles. The van der Waals surface area contributed by atoms with Crippen molar-refractivity contribution >= 4 is 17.7 Å². The van der Waals surface area contributed by atoms with Crippen LogP contribution in [0.15, 0.2) is 38.7 Å². The molecule has 136 valence electrons. The number of rotatable bonds is 7. The molecular weight excluding hydrogens is 334 g/mol. The molecular formula is C18H27N5OS. The summed E-state index contributed by atoms with van der Waals surface area (Å²) in [7, 11) is 3.82. The Morgan fingerprint density at radius 2 is 2.04 bits per heavy atom. The summed E-state index contributed by atoms with van der Waals surface area (Å²) in [6.07, 6.45) is 2.76. The molecule has 0 aliphatic carbocycles. The summed E-state index contributed by atoms with van der Waals surface area (Å²) in [6, 6.07) is 8.60. The maximum atomic E-state index is 5.26. The fourth-order valence-electron chi connectivity index (χ4n) is 2.35. The number of thioether (sulfide) groups is 1. The van der Waals surface area contributed by atoms with E-state index < -0.39 is 0 Å². The summed E-state index contributed by atoms with van der Waals surface area (Å²) in [6.45, 7) is 5.60. The van der Waals surface area contributed by atoms with Crippen LogP contribution in [-0.2, 0) is 13.0 Å². The van der Waals surface area contributed by atoms with Gasteiger partial charge in [-0.1, -0.05) is 31.1 Å². The Balaban J connectivity index is 1.83. The largest absolute Gasteiger partial charge is 0.356 e. The molecule has 0 amide bonds. The van der Waals surface area contributed by atoms with Crippen LogP contribution in [0.1, 0.15) is 37.0 Å². The zero-order chi connectivity index (χ0) is 18.2. The van der Waals surface area contributed by atoms with Crippen molar-refractivity contribution in [2.24, 2.45) is 4.99 Å². The van der Waals surface area contributed by atoms with Gasteiger partial charge in [-0.2, -0.15) is 4.98 Å². The van der Waals surface area contributed by atoms with Crippen molar-refractivity contribution in [1.82, 2.24) is 20.4 Å². The van der Waals surface area contributed by atoms with Gasteiger partial charge in [-0.3, -0.25) is 4.99 Å². The number of nitrogens with one attached hydrogen (secondary N) is 1. The smallest absolute Gasteiger partial charge is 0.228 e. The Hall–Kier alpha value is -2.02. The average Bonchev–Trinajstić information content (AvgIpc) is 3.08. The lowest BCUT2D eigenvalue weighted by Gasteiger charge is -2.22. The van der Waals surface area contributed by atoms with E-state index in [9.17, 15) is 0 Å². The summed E-state index contributed by atoms with van der Waals surface area (Å²) >= 11 is 1.75. The van der Waals surface area contributed by atoms with Crippen LogP contribution < -0.4 is 5.32 Å². The van der Waals surface area contributed by atoms with Gasteiger partial charge in [0.25, 0.3) is 0 Å². The molecule has 0 saturated heterocycles. The summed E-state index contributed by atoms with van der Waals surface area (Å²) in [5, 5.41) is 7.33. The maximum absolute atomic E-state index is 5.26. The van der Waals surface area contributed by atoms with E-state index in [4.69, 9.17) is 4.52 Å². The Morgan fingerprint density at radius 3 is 2.60 bits per heavy atom. The standard InChI is InChI=1S/C18H27N5OS/c1-13(2)17-21-16(24-22-17)10-11-20-18(19-3)23(4)12-14-6-8-15(25-5)9-7-14/h6-9,13H,10-12H2,1-5H3,(H,19,20). The number of aliphatic imine (C=N–C) groups is 1. The highest BCUT2D eigenvalue weighted by atomic mass is 32.2. The minimum absolute atomic E-state index is 0.279. The number of hydrogen-bond donors (Lipinski definition) is 1. The second-order valence-corrected chi connectivity index (χ2v) is 7.01. The molecule has 25 heavy (non-hydrogen) atoms. The quantitative estimate of drug-likeness (QED) is 0.464. The Bertz CT molecular complexity index is 681. The van der Waals surface area contributed by atoms with Crippen molar-refractivity contribution in [3.8, 4) is 0 Å². The number of guanidine groups is 1. The fourth-order valence-corrected chi connectivity index (χ4v) is 2.76. The molecule has 0 radical (unpaired) electrons. The first-order chi connectivity index (χ1) is 12.0. The van der Waals surface area contributed by atoms with Crippen LogP contribution in [0.25, 0.3) is 0 Å². The first-order valence-corrected chi connectivity index (χ1v) is 9.63. The van der Waals surface area contributed by atoms with Gasteiger partial charge in [-0.25, -0.2) is 0 Å². The zero-order valence-electron chi connectivity index (χ0n) is 15.6. The average molecular weight is 362 g/mol. The molecule has 0 bridgehead atoms. The Labute approximate surface area is 154 Å². The van der Waals surface area contributed by atoms with Crippen LogP contribution in [-0.4, -0.2) is 47.9 Å². The Morgan fingerprint density at radius 1 is 1.32 bits per heavy atom. The van der Waals surface area contributed by atoms with Gasteiger partial charge in [0, 0.05) is 44.4 Å². The van der Waals surface area contributed by atoms with E-state index in [1.165, 1.54) is 10.5 Å². The van der Waals surface area contributed by atoms with Crippen LogP contribution in [0.3, 0.4) is 0 Å². The predicted molar refractivity (Wildman–Crippen MR) is 103 cm³/mol. The molecule has 0 saturated carbocycles. The molecule has 1 heterocycles. The highest BCUT2D eigenvalue weighted by molar-refractivity contribution is 7.98. The van der Waals surface area contributed by atoms with E-state index in [0.717, 1.165) is 18.3 Å². The predicted octanol–water partition coefficient (Wildman–Crippen LogP) is 3.16. The van der Waals surface area contributed by atoms with Gasteiger partial charge in [-0.15, -0.1) is 11.8 Å². The van der Waals surface area contributed by atoms with Gasteiger partial charge in [0.15, 0.2) is 11.8 Å². The van der Waals surface area contributed by atoms with Crippen molar-refractivity contribution < 1.29 is 4.52 Å². The van der Waals surface area contributed by atoms with Crippen LogP contribution in [0.4, 0.5) is 0 Å². The van der Waals surface area contributed by atoms with Gasteiger partial charge in [-0.05, 0) is 24.0 Å². The van der Waals surface area contributed by atoms with Crippen molar-refractivity contribution in [2.75, 3.05) is 26.9 Å². The molecule has 0 atom stereocenters. The minimum Gasteiger partial charge on any atom is -0.356 e. The van der Waals surface area contributed by atoms with Gasteiger partial charge >= 0.3 is 0 Å². The van der Waals surface area contributed by atoms with Gasteiger partial charge in [0.1, 0.15) is 0 Å². The summed E-state index contributed by atoms with van der Waals surface area (Å²) < 4.78 is 5.26. The number of nitrogens with zero attached hydrogens (tertiary/aromatic N) is 4. The van der Waals surface area contributed by atoms with Crippen LogP contribution in [0.5, 0.6) is 0 Å².